The van der Waals surface area contributed by atoms with E-state index < -0.39 is 18.8 Å². The van der Waals surface area contributed by atoms with Crippen LogP contribution in [0.1, 0.15) is 82.7 Å². The van der Waals surface area contributed by atoms with Gasteiger partial charge in [0.15, 0.2) is 11.4 Å². The van der Waals surface area contributed by atoms with Gasteiger partial charge in [-0.3, -0.25) is 4.79 Å². The molecule has 15 aromatic rings. The number of hydrogen-bond donors (Lipinski definition) is 0. The molecule has 0 unspecified atom stereocenters. The zero-order valence-electron chi connectivity index (χ0n) is 57.2. The molecule has 1 aliphatic carbocycles. The van der Waals surface area contributed by atoms with Crippen molar-refractivity contribution in [3.63, 3.8) is 0 Å². The number of fused-ring (bicyclic) bond motifs is 11. The summed E-state index contributed by atoms with van der Waals surface area (Å²) in [5.74, 6) is 0.01000. The molecule has 17 rings (SSSR count). The van der Waals surface area contributed by atoms with Crippen LogP contribution in [0.5, 0.6) is 0 Å². The Balaban J connectivity index is 1.16. The van der Waals surface area contributed by atoms with Crippen molar-refractivity contribution < 1.29 is 9.21 Å². The predicted molar refractivity (Wildman–Crippen MR) is 418 cm³/mol. The molecule has 14 aromatic carbocycles. The van der Waals surface area contributed by atoms with Crippen LogP contribution in [-0.4, -0.2) is 19.2 Å². The number of hydrogen-bond acceptors (Lipinski definition) is 3. The summed E-state index contributed by atoms with van der Waals surface area (Å²) in [5, 5.41) is 2.09. The minimum Gasteiger partial charge on any atom is -0.454 e. The zero-order chi connectivity index (χ0) is 67.4. The lowest BCUT2D eigenvalue weighted by molar-refractivity contribution is 0.103. The predicted octanol–water partition coefficient (Wildman–Crippen LogP) is 19.5. The molecule has 3 nitrogen and oxygen atoms in total. The fraction of sp³-hybridized carbons (Fsp3) is 0.0957. The molecule has 0 fully saturated rings. The van der Waals surface area contributed by atoms with Gasteiger partial charge in [-0.15, -0.1) is 0 Å². The Morgan fingerprint density at radius 1 is 0.283 bits per heavy atom. The van der Waals surface area contributed by atoms with Crippen LogP contribution < -0.4 is 37.7 Å². The first-order valence-electron chi connectivity index (χ1n) is 34.7. The molecule has 472 valence electrons. The van der Waals surface area contributed by atoms with Crippen LogP contribution in [0, 0.1) is 55.4 Å². The highest BCUT2D eigenvalue weighted by Crippen LogP contribution is 2.63. The second-order valence-corrected chi connectivity index (χ2v) is 27.7. The SMILES string of the molecule is Cc1cccc(C)c1B(c1cc(-c2ccccc2)cc2c1C(=O)c1c(B(c3c(C)cccc3C)c3c(C)cccc3C)cc(-c3ccccc3)cc1C21c2cc(-c3ccccc3)ccc2N(c2cccc3c2oc2ccccc23)c2ccc(-c3ccccc3)cc21)c1c(C)cccc1C. The lowest BCUT2D eigenvalue weighted by Crippen LogP contribution is -2.60. The number of rotatable bonds is 11. The number of furan rings is 1. The van der Waals surface area contributed by atoms with Crippen LogP contribution in [0.4, 0.5) is 17.1 Å². The van der Waals surface area contributed by atoms with E-state index in [9.17, 15) is 0 Å². The monoisotopic (exact) mass is 1270 g/mol. The molecule has 1 aromatic heterocycles. The van der Waals surface area contributed by atoms with E-state index in [1.165, 1.54) is 66.4 Å². The Morgan fingerprint density at radius 2 is 0.606 bits per heavy atom. The van der Waals surface area contributed by atoms with Crippen LogP contribution in [0.3, 0.4) is 0 Å². The summed E-state index contributed by atoms with van der Waals surface area (Å²) in [7, 11) is 0. The smallest absolute Gasteiger partial charge is 0.243 e. The summed E-state index contributed by atoms with van der Waals surface area (Å²) >= 11 is 0. The summed E-state index contributed by atoms with van der Waals surface area (Å²) in [4.78, 5) is 21.3. The van der Waals surface area contributed by atoms with Crippen molar-refractivity contribution in [1.82, 2.24) is 0 Å². The van der Waals surface area contributed by atoms with Gasteiger partial charge < -0.3 is 9.32 Å². The Bertz CT molecular complexity index is 5270. The number of aryl methyl sites for hydroxylation is 8. The maximum atomic E-state index is 18.8. The third-order valence-corrected chi connectivity index (χ3v) is 21.9. The molecule has 5 heteroatoms. The number of anilines is 3. The fourth-order valence-electron chi connectivity index (χ4n) is 17.5. The molecular formula is C94H73B2NO2. The summed E-state index contributed by atoms with van der Waals surface area (Å²) in [5.41, 5.74) is 33.2. The van der Waals surface area contributed by atoms with E-state index in [-0.39, 0.29) is 5.78 Å². The number of para-hydroxylation sites is 2. The molecule has 2 aliphatic rings. The average molecular weight is 1270 g/mol. The maximum Gasteiger partial charge on any atom is 0.243 e. The topological polar surface area (TPSA) is 33.5 Å². The van der Waals surface area contributed by atoms with Gasteiger partial charge in [0.1, 0.15) is 5.58 Å². The minimum atomic E-state index is -1.28. The van der Waals surface area contributed by atoms with Crippen molar-refractivity contribution in [3.05, 3.63) is 375 Å². The van der Waals surface area contributed by atoms with Crippen LogP contribution in [0.2, 0.25) is 0 Å². The van der Waals surface area contributed by atoms with Gasteiger partial charge >= 0.3 is 0 Å². The number of carbonyl (C=O) groups excluding carboxylic acids is 1. The second-order valence-electron chi connectivity index (χ2n) is 27.7. The molecular weight excluding hydrogens is 1200 g/mol. The van der Waals surface area contributed by atoms with Gasteiger partial charge in [0, 0.05) is 21.9 Å². The van der Waals surface area contributed by atoms with Gasteiger partial charge in [0.25, 0.3) is 0 Å². The molecule has 0 bridgehead atoms. The average Bonchev–Trinajstić information content (AvgIpc) is 0.715. The third-order valence-electron chi connectivity index (χ3n) is 21.9. The molecule has 99 heavy (non-hydrogen) atoms. The van der Waals surface area contributed by atoms with Crippen molar-refractivity contribution in [2.24, 2.45) is 0 Å². The Labute approximate surface area is 581 Å². The highest BCUT2D eigenvalue weighted by molar-refractivity contribution is 6.98. The summed E-state index contributed by atoms with van der Waals surface area (Å²) < 4.78 is 7.19. The molecule has 0 atom stereocenters. The molecule has 1 spiro atoms. The van der Waals surface area contributed by atoms with Gasteiger partial charge in [-0.05, 0) is 171 Å². The largest absolute Gasteiger partial charge is 0.454 e. The van der Waals surface area contributed by atoms with E-state index in [0.717, 1.165) is 117 Å². The van der Waals surface area contributed by atoms with Gasteiger partial charge in [0.05, 0.1) is 22.5 Å². The van der Waals surface area contributed by atoms with Crippen LogP contribution >= 0.6 is 0 Å². The van der Waals surface area contributed by atoms with Crippen molar-refractivity contribution in [3.8, 4) is 44.5 Å². The molecule has 1 aliphatic heterocycles. The standard InChI is InChI=1S/C94H73B2NO2/c1-58-28-23-29-59(2)88(58)95(89-60(3)30-24-31-61(89)4)80-56-72(68-40-17-11-18-41-68)54-78-86(80)92(98)87-79(55-73(69-42-19-12-20-43-69)57-81(87)96(90-62(5)32-25-33-63(90)6)91-64(7)34-26-35-65(91)8)94(78)76-52-70(66-36-13-9-14-37-66)48-50-82(76)97(83-51-49-71(53-77(83)94)67-38-15-10-16-39-67)84-46-27-45-75-74-44-21-22-47-85(74)99-93(75)84/h9-57H,1-8H3. The number of ketones is 1. The Morgan fingerprint density at radius 3 is 0.990 bits per heavy atom. The van der Waals surface area contributed by atoms with Gasteiger partial charge in [-0.25, -0.2) is 0 Å². The molecule has 0 saturated heterocycles. The lowest BCUT2D eigenvalue weighted by atomic mass is 9.31. The third kappa shape index (κ3) is 9.76. The lowest BCUT2D eigenvalue weighted by Gasteiger charge is -2.50. The fourth-order valence-corrected chi connectivity index (χ4v) is 17.5. The van der Waals surface area contributed by atoms with Crippen molar-refractivity contribution in [2.45, 2.75) is 60.8 Å². The zero-order valence-corrected chi connectivity index (χ0v) is 57.2. The summed E-state index contributed by atoms with van der Waals surface area (Å²) in [6.45, 7) is 17.3. The van der Waals surface area contributed by atoms with Crippen LogP contribution in [0.15, 0.2) is 302 Å². The van der Waals surface area contributed by atoms with E-state index in [1.807, 2.05) is 0 Å². The number of benzene rings is 14. The first kappa shape index (κ1) is 61.1. The summed E-state index contributed by atoms with van der Waals surface area (Å²) in [6, 6.07) is 109. The molecule has 0 radical (unpaired) electrons. The van der Waals surface area contributed by atoms with Crippen molar-refractivity contribution >= 4 is 91.0 Å². The van der Waals surface area contributed by atoms with E-state index in [4.69, 9.17) is 4.42 Å². The van der Waals surface area contributed by atoms with Crippen LogP contribution in [0.25, 0.3) is 66.4 Å². The van der Waals surface area contributed by atoms with E-state index >= 15 is 4.79 Å². The normalized spacial score (nSPS) is 12.7. The molecule has 0 saturated carbocycles. The highest BCUT2D eigenvalue weighted by atomic mass is 16.3. The first-order valence-corrected chi connectivity index (χ1v) is 34.7. The van der Waals surface area contributed by atoms with E-state index in [1.54, 1.807) is 0 Å². The molecule has 2 heterocycles. The quantitative estimate of drug-likeness (QED) is 0.121. The highest BCUT2D eigenvalue weighted by Gasteiger charge is 2.55. The Hall–Kier alpha value is -11.5. The van der Waals surface area contributed by atoms with Gasteiger partial charge in [-0.2, -0.15) is 0 Å². The van der Waals surface area contributed by atoms with Crippen molar-refractivity contribution in [2.75, 3.05) is 4.90 Å². The van der Waals surface area contributed by atoms with Crippen LogP contribution in [-0.2, 0) is 5.41 Å². The van der Waals surface area contributed by atoms with Gasteiger partial charge in [0.2, 0.25) is 13.4 Å². The summed E-state index contributed by atoms with van der Waals surface area (Å²) in [6.07, 6.45) is 0. The Kier molecular flexibility index (Phi) is 15.0. The number of nitrogens with zero attached hydrogens (tertiary/aromatic N) is 1. The van der Waals surface area contributed by atoms with Crippen molar-refractivity contribution in [1.29, 1.82) is 0 Å². The number of carbonyl (C=O) groups is 1. The van der Waals surface area contributed by atoms with E-state index in [2.05, 4.69) is 358 Å². The maximum absolute atomic E-state index is 18.8. The van der Waals surface area contributed by atoms with Gasteiger partial charge in [-0.1, -0.05) is 326 Å². The minimum absolute atomic E-state index is 0.01000. The first-order chi connectivity index (χ1) is 48.4. The second kappa shape index (κ2) is 24.2. The van der Waals surface area contributed by atoms with E-state index in [0.29, 0.717) is 11.1 Å². The molecule has 0 N–H and O–H groups in total. The molecule has 0 amide bonds.